The van der Waals surface area contributed by atoms with Crippen molar-refractivity contribution in [3.8, 4) is 0 Å². The normalized spacial score (nSPS) is 19.9. The summed E-state index contributed by atoms with van der Waals surface area (Å²) in [5, 5.41) is 8.31. The van der Waals surface area contributed by atoms with E-state index in [2.05, 4.69) is 60.7 Å². The molecule has 0 radical (unpaired) electrons. The van der Waals surface area contributed by atoms with E-state index >= 15 is 0 Å². The van der Waals surface area contributed by atoms with Gasteiger partial charge in [0, 0.05) is 30.5 Å². The van der Waals surface area contributed by atoms with Crippen molar-refractivity contribution in [3.05, 3.63) is 46.0 Å². The average Bonchev–Trinajstić information content (AvgIpc) is 2.89. The molecule has 5 heteroatoms. The number of likely N-dealkylation sites (tertiary alicyclic amines) is 1. The van der Waals surface area contributed by atoms with E-state index in [1.54, 1.807) is 6.33 Å². The molecular weight excluding hydrogens is 328 g/mol. The highest BCUT2D eigenvalue weighted by Crippen LogP contribution is 2.27. The molecule has 1 saturated heterocycles. The molecule has 1 aliphatic heterocycles. The number of nitrogens with zero attached hydrogens (tertiary/aromatic N) is 4. The molecule has 1 atom stereocenters. The Morgan fingerprint density at radius 2 is 2.24 bits per heavy atom. The molecule has 2 aromatic rings. The molecule has 112 valence electrons. The lowest BCUT2D eigenvalue weighted by Crippen LogP contribution is -2.35. The average molecular weight is 349 g/mol. The third-order valence-electron chi connectivity index (χ3n) is 4.32. The number of aryl methyl sites for hydroxylation is 2. The van der Waals surface area contributed by atoms with Crippen LogP contribution in [0.15, 0.2) is 29.0 Å². The number of piperidine rings is 1. The van der Waals surface area contributed by atoms with Gasteiger partial charge in [-0.1, -0.05) is 22.0 Å². The molecule has 3 rings (SSSR count). The molecular formula is C16H21BrN4. The Morgan fingerprint density at radius 1 is 1.38 bits per heavy atom. The van der Waals surface area contributed by atoms with E-state index in [1.165, 1.54) is 30.5 Å². The topological polar surface area (TPSA) is 34.0 Å². The van der Waals surface area contributed by atoms with Crippen LogP contribution in [0, 0.1) is 6.92 Å². The lowest BCUT2D eigenvalue weighted by atomic mass is 9.96. The van der Waals surface area contributed by atoms with Gasteiger partial charge in [0.1, 0.15) is 12.2 Å². The number of hydrogen-bond donors (Lipinski definition) is 0. The molecule has 0 N–H and O–H groups in total. The van der Waals surface area contributed by atoms with Crippen molar-refractivity contribution in [2.75, 3.05) is 13.1 Å². The highest BCUT2D eigenvalue weighted by atomic mass is 79.9. The fourth-order valence-corrected chi connectivity index (χ4v) is 3.62. The summed E-state index contributed by atoms with van der Waals surface area (Å²) in [7, 11) is 2.03. The van der Waals surface area contributed by atoms with Gasteiger partial charge in [-0.25, -0.2) is 0 Å². The Kier molecular flexibility index (Phi) is 4.40. The fraction of sp³-hybridized carbons (Fsp3) is 0.500. The molecule has 0 spiro atoms. The van der Waals surface area contributed by atoms with Crippen molar-refractivity contribution < 1.29 is 0 Å². The van der Waals surface area contributed by atoms with Gasteiger partial charge in [0.2, 0.25) is 0 Å². The Morgan fingerprint density at radius 3 is 2.95 bits per heavy atom. The SMILES string of the molecule is Cc1cc(Br)ccc1CN1CCCC(c2nncn2C)C1. The zero-order chi connectivity index (χ0) is 14.8. The van der Waals surface area contributed by atoms with Gasteiger partial charge in [-0.3, -0.25) is 4.90 Å². The number of rotatable bonds is 3. The third kappa shape index (κ3) is 3.35. The van der Waals surface area contributed by atoms with Crippen LogP contribution >= 0.6 is 15.9 Å². The fourth-order valence-electron chi connectivity index (χ4n) is 3.15. The Labute approximate surface area is 134 Å². The maximum Gasteiger partial charge on any atom is 0.136 e. The maximum absolute atomic E-state index is 4.29. The van der Waals surface area contributed by atoms with Crippen molar-refractivity contribution in [1.82, 2.24) is 19.7 Å². The van der Waals surface area contributed by atoms with Crippen LogP contribution in [0.4, 0.5) is 0 Å². The van der Waals surface area contributed by atoms with Gasteiger partial charge in [0.05, 0.1) is 0 Å². The molecule has 21 heavy (non-hydrogen) atoms. The number of aromatic nitrogens is 3. The first-order valence-corrected chi connectivity index (χ1v) is 8.24. The summed E-state index contributed by atoms with van der Waals surface area (Å²) in [6.45, 7) is 5.45. The minimum atomic E-state index is 0.502. The molecule has 1 aromatic heterocycles. The van der Waals surface area contributed by atoms with Crippen LogP contribution in [0.5, 0.6) is 0 Å². The van der Waals surface area contributed by atoms with Crippen molar-refractivity contribution in [3.63, 3.8) is 0 Å². The predicted octanol–water partition coefficient (Wildman–Crippen LogP) is 3.27. The molecule has 0 saturated carbocycles. The zero-order valence-electron chi connectivity index (χ0n) is 12.6. The first kappa shape index (κ1) is 14.7. The summed E-state index contributed by atoms with van der Waals surface area (Å²) in [5.41, 5.74) is 2.77. The van der Waals surface area contributed by atoms with Gasteiger partial charge in [0.15, 0.2) is 0 Å². The van der Waals surface area contributed by atoms with Crippen LogP contribution in [0.25, 0.3) is 0 Å². The van der Waals surface area contributed by atoms with Gasteiger partial charge in [-0.15, -0.1) is 10.2 Å². The molecule has 1 fully saturated rings. The molecule has 1 aromatic carbocycles. The van der Waals surface area contributed by atoms with E-state index in [-0.39, 0.29) is 0 Å². The van der Waals surface area contributed by atoms with Gasteiger partial charge >= 0.3 is 0 Å². The standard InChI is InChI=1S/C16H21BrN4/c1-12-8-15(17)6-5-13(12)9-21-7-3-4-14(10-21)16-19-18-11-20(16)2/h5-6,8,11,14H,3-4,7,9-10H2,1-2H3. The third-order valence-corrected chi connectivity index (χ3v) is 4.81. The van der Waals surface area contributed by atoms with E-state index in [0.717, 1.165) is 23.4 Å². The van der Waals surface area contributed by atoms with Crippen LogP contribution in [-0.2, 0) is 13.6 Å². The monoisotopic (exact) mass is 348 g/mol. The summed E-state index contributed by atoms with van der Waals surface area (Å²) < 4.78 is 3.21. The van der Waals surface area contributed by atoms with E-state index in [9.17, 15) is 0 Å². The molecule has 4 nitrogen and oxygen atoms in total. The minimum absolute atomic E-state index is 0.502. The highest BCUT2D eigenvalue weighted by Gasteiger charge is 2.24. The van der Waals surface area contributed by atoms with Gasteiger partial charge in [0.25, 0.3) is 0 Å². The van der Waals surface area contributed by atoms with Gasteiger partial charge in [-0.05, 0) is 49.6 Å². The van der Waals surface area contributed by atoms with E-state index in [1.807, 2.05) is 7.05 Å². The Hall–Kier alpha value is -1.20. The molecule has 2 heterocycles. The summed E-state index contributed by atoms with van der Waals surface area (Å²) in [5.74, 6) is 1.62. The highest BCUT2D eigenvalue weighted by molar-refractivity contribution is 9.10. The van der Waals surface area contributed by atoms with Crippen LogP contribution in [0.1, 0.15) is 35.7 Å². The first-order valence-electron chi connectivity index (χ1n) is 7.45. The second-order valence-corrected chi connectivity index (χ2v) is 6.86. The number of halogens is 1. The predicted molar refractivity (Wildman–Crippen MR) is 87.1 cm³/mol. The number of hydrogen-bond acceptors (Lipinski definition) is 3. The van der Waals surface area contributed by atoms with Crippen LogP contribution < -0.4 is 0 Å². The lowest BCUT2D eigenvalue weighted by molar-refractivity contribution is 0.195. The van der Waals surface area contributed by atoms with E-state index < -0.39 is 0 Å². The Bertz CT molecular complexity index is 622. The lowest BCUT2D eigenvalue weighted by Gasteiger charge is -2.32. The van der Waals surface area contributed by atoms with Crippen LogP contribution in [-0.4, -0.2) is 32.8 Å². The van der Waals surface area contributed by atoms with Crippen LogP contribution in [0.2, 0.25) is 0 Å². The molecule has 0 aliphatic carbocycles. The van der Waals surface area contributed by atoms with E-state index in [4.69, 9.17) is 0 Å². The molecule has 1 aliphatic rings. The number of benzene rings is 1. The summed E-state index contributed by atoms with van der Waals surface area (Å²) in [6.07, 6.45) is 4.24. The van der Waals surface area contributed by atoms with E-state index in [0.29, 0.717) is 5.92 Å². The van der Waals surface area contributed by atoms with Crippen molar-refractivity contribution in [2.45, 2.75) is 32.2 Å². The molecule has 1 unspecified atom stereocenters. The summed E-state index contributed by atoms with van der Waals surface area (Å²) >= 11 is 3.53. The molecule has 0 bridgehead atoms. The minimum Gasteiger partial charge on any atom is -0.320 e. The van der Waals surface area contributed by atoms with Crippen molar-refractivity contribution in [1.29, 1.82) is 0 Å². The zero-order valence-corrected chi connectivity index (χ0v) is 14.2. The van der Waals surface area contributed by atoms with Crippen molar-refractivity contribution in [2.24, 2.45) is 7.05 Å². The van der Waals surface area contributed by atoms with Crippen LogP contribution in [0.3, 0.4) is 0 Å². The van der Waals surface area contributed by atoms with Gasteiger partial charge in [-0.2, -0.15) is 0 Å². The maximum atomic E-state index is 4.29. The van der Waals surface area contributed by atoms with Crippen molar-refractivity contribution >= 4 is 15.9 Å². The second-order valence-electron chi connectivity index (χ2n) is 5.95. The molecule has 0 amide bonds. The smallest absolute Gasteiger partial charge is 0.136 e. The summed E-state index contributed by atoms with van der Waals surface area (Å²) in [4.78, 5) is 2.54. The Balaban J connectivity index is 1.70. The van der Waals surface area contributed by atoms with Gasteiger partial charge < -0.3 is 4.57 Å². The first-order chi connectivity index (χ1) is 10.1. The largest absolute Gasteiger partial charge is 0.320 e. The second kappa shape index (κ2) is 6.28. The quantitative estimate of drug-likeness (QED) is 0.853. The summed E-state index contributed by atoms with van der Waals surface area (Å²) in [6, 6.07) is 6.55.